The number of hydrogen-bond acceptors (Lipinski definition) is 5. The number of hydrogen-bond donors (Lipinski definition) is 3. The number of fused-ring (bicyclic) bond motifs is 1. The van der Waals surface area contributed by atoms with E-state index in [2.05, 4.69) is 4.98 Å². The van der Waals surface area contributed by atoms with Crippen molar-refractivity contribution in [3.8, 4) is 0 Å². The van der Waals surface area contributed by atoms with Crippen molar-refractivity contribution in [3.63, 3.8) is 0 Å². The molecule has 0 amide bonds. The van der Waals surface area contributed by atoms with E-state index in [1.807, 2.05) is 0 Å². The molecule has 128 valence electrons. The Morgan fingerprint density at radius 1 is 1.42 bits per heavy atom. The van der Waals surface area contributed by atoms with Crippen LogP contribution in [0.1, 0.15) is 24.8 Å². The standard InChI is InChI=1S/C15H16ClFN4O3/c16-15(2-3-15)10-11-8(13(22)21(24)14(23)19-11)5-9(17)12(10)20-4-1-7(18)6-20/h5,7,24H,1-4,6,18H2,(H,19,23). The highest BCUT2D eigenvalue weighted by molar-refractivity contribution is 6.27. The topological polar surface area (TPSA) is 104 Å². The minimum absolute atomic E-state index is 0.0647. The van der Waals surface area contributed by atoms with E-state index in [0.717, 1.165) is 12.5 Å². The molecule has 1 aliphatic carbocycles. The predicted molar refractivity (Wildman–Crippen MR) is 87.5 cm³/mol. The number of nitrogens with one attached hydrogen (secondary N) is 1. The molecule has 2 aliphatic rings. The summed E-state index contributed by atoms with van der Waals surface area (Å²) in [6.07, 6.45) is 1.95. The zero-order chi connectivity index (χ0) is 17.2. The molecule has 1 unspecified atom stereocenters. The normalized spacial score (nSPS) is 22.3. The van der Waals surface area contributed by atoms with Crippen molar-refractivity contribution >= 4 is 28.2 Å². The van der Waals surface area contributed by atoms with E-state index in [1.165, 1.54) is 0 Å². The lowest BCUT2D eigenvalue weighted by atomic mass is 10.0. The molecule has 1 atom stereocenters. The third-order valence-corrected chi connectivity index (χ3v) is 5.35. The molecule has 0 spiro atoms. The van der Waals surface area contributed by atoms with Crippen molar-refractivity contribution in [3.05, 3.63) is 38.3 Å². The van der Waals surface area contributed by atoms with Gasteiger partial charge >= 0.3 is 5.69 Å². The van der Waals surface area contributed by atoms with Gasteiger partial charge in [0.2, 0.25) is 0 Å². The van der Waals surface area contributed by atoms with Crippen LogP contribution >= 0.6 is 11.6 Å². The Bertz CT molecular complexity index is 966. The molecule has 2 heterocycles. The quantitative estimate of drug-likeness (QED) is 0.547. The molecule has 1 aromatic heterocycles. The lowest BCUT2D eigenvalue weighted by molar-refractivity contribution is 0.162. The zero-order valence-electron chi connectivity index (χ0n) is 12.7. The Balaban J connectivity index is 2.09. The molecule has 1 saturated heterocycles. The van der Waals surface area contributed by atoms with Crippen LogP contribution in [0.4, 0.5) is 10.1 Å². The highest BCUT2D eigenvalue weighted by Gasteiger charge is 2.47. The van der Waals surface area contributed by atoms with Gasteiger partial charge in [0, 0.05) is 24.7 Å². The summed E-state index contributed by atoms with van der Waals surface area (Å²) in [7, 11) is 0. The molecular formula is C15H16ClFN4O3. The highest BCUT2D eigenvalue weighted by Crippen LogP contribution is 2.57. The SMILES string of the molecule is NC1CCN(c2c(F)cc3c(=O)n(O)c(=O)[nH]c3c2C2(Cl)CC2)C1. The molecule has 1 aliphatic heterocycles. The summed E-state index contributed by atoms with van der Waals surface area (Å²) in [6, 6.07) is 0.967. The number of rotatable bonds is 2. The number of H-pyrrole nitrogens is 1. The number of anilines is 1. The van der Waals surface area contributed by atoms with E-state index in [-0.39, 0.29) is 27.4 Å². The molecule has 9 heteroatoms. The van der Waals surface area contributed by atoms with Gasteiger partial charge in [-0.1, -0.05) is 4.73 Å². The van der Waals surface area contributed by atoms with Crippen LogP contribution in [0, 0.1) is 5.82 Å². The summed E-state index contributed by atoms with van der Waals surface area (Å²) < 4.78 is 14.8. The van der Waals surface area contributed by atoms with Gasteiger partial charge in [-0.15, -0.1) is 11.6 Å². The van der Waals surface area contributed by atoms with Gasteiger partial charge in [0.1, 0.15) is 5.82 Å². The number of nitrogens with zero attached hydrogens (tertiary/aromatic N) is 2. The summed E-state index contributed by atoms with van der Waals surface area (Å²) >= 11 is 6.57. The number of halogens is 2. The Kier molecular flexibility index (Phi) is 3.20. The van der Waals surface area contributed by atoms with Gasteiger partial charge in [-0.2, -0.15) is 0 Å². The molecule has 4 N–H and O–H groups in total. The smallest absolute Gasteiger partial charge is 0.362 e. The van der Waals surface area contributed by atoms with Gasteiger partial charge in [0.15, 0.2) is 0 Å². The van der Waals surface area contributed by atoms with Gasteiger partial charge < -0.3 is 20.8 Å². The number of aromatic nitrogens is 2. The molecule has 0 bridgehead atoms. The van der Waals surface area contributed by atoms with Crippen LogP contribution in [0.15, 0.2) is 15.7 Å². The second-order valence-corrected chi connectivity index (χ2v) is 7.24. The van der Waals surface area contributed by atoms with E-state index in [9.17, 15) is 19.2 Å². The van der Waals surface area contributed by atoms with Crippen molar-refractivity contribution in [1.29, 1.82) is 0 Å². The first-order valence-electron chi connectivity index (χ1n) is 7.72. The van der Waals surface area contributed by atoms with Gasteiger partial charge in [0.05, 0.1) is 21.5 Å². The molecule has 7 nitrogen and oxygen atoms in total. The maximum absolute atomic E-state index is 14.9. The number of alkyl halides is 1. The molecule has 1 saturated carbocycles. The third kappa shape index (κ3) is 2.13. The van der Waals surface area contributed by atoms with Crippen molar-refractivity contribution in [2.24, 2.45) is 5.73 Å². The summed E-state index contributed by atoms with van der Waals surface area (Å²) in [5, 5.41) is 9.39. The minimum atomic E-state index is -0.981. The summed E-state index contributed by atoms with van der Waals surface area (Å²) in [5.41, 5.74) is 4.84. The first kappa shape index (κ1) is 15.5. The van der Waals surface area contributed by atoms with Crippen LogP contribution < -0.4 is 21.9 Å². The molecular weight excluding hydrogens is 339 g/mol. The van der Waals surface area contributed by atoms with E-state index in [1.54, 1.807) is 4.90 Å². The molecule has 0 radical (unpaired) electrons. The lowest BCUT2D eigenvalue weighted by Crippen LogP contribution is -2.34. The van der Waals surface area contributed by atoms with Crippen molar-refractivity contribution in [2.45, 2.75) is 30.2 Å². The molecule has 2 fully saturated rings. The second kappa shape index (κ2) is 4.97. The fraction of sp³-hybridized carbons (Fsp3) is 0.467. The third-order valence-electron chi connectivity index (χ3n) is 4.78. The maximum Gasteiger partial charge on any atom is 0.362 e. The highest BCUT2D eigenvalue weighted by atomic mass is 35.5. The Hall–Kier alpha value is -2.06. The Labute approximate surface area is 140 Å². The molecule has 2 aromatic rings. The first-order chi connectivity index (χ1) is 11.3. The molecule has 24 heavy (non-hydrogen) atoms. The fourth-order valence-electron chi connectivity index (χ4n) is 3.40. The van der Waals surface area contributed by atoms with Crippen LogP contribution in [0.25, 0.3) is 10.9 Å². The van der Waals surface area contributed by atoms with E-state index < -0.39 is 21.9 Å². The van der Waals surface area contributed by atoms with Crippen LogP contribution in [0.2, 0.25) is 0 Å². The summed E-state index contributed by atoms with van der Waals surface area (Å²) in [6.45, 7) is 1.05. The number of aromatic amines is 1. The average molecular weight is 355 g/mol. The second-order valence-electron chi connectivity index (χ2n) is 6.51. The van der Waals surface area contributed by atoms with Crippen LogP contribution in [0.3, 0.4) is 0 Å². The summed E-state index contributed by atoms with van der Waals surface area (Å²) in [5.74, 6) is -0.609. The number of benzene rings is 1. The average Bonchev–Trinajstić information content (AvgIpc) is 3.13. The molecule has 4 rings (SSSR count). The van der Waals surface area contributed by atoms with Gasteiger partial charge in [-0.3, -0.25) is 4.79 Å². The zero-order valence-corrected chi connectivity index (χ0v) is 13.4. The minimum Gasteiger partial charge on any atom is -0.421 e. The lowest BCUT2D eigenvalue weighted by Gasteiger charge is -2.25. The Morgan fingerprint density at radius 2 is 2.12 bits per heavy atom. The van der Waals surface area contributed by atoms with Crippen molar-refractivity contribution in [1.82, 2.24) is 9.71 Å². The van der Waals surface area contributed by atoms with E-state index in [0.29, 0.717) is 31.5 Å². The largest absolute Gasteiger partial charge is 0.421 e. The Morgan fingerprint density at radius 3 is 2.71 bits per heavy atom. The van der Waals surface area contributed by atoms with Crippen molar-refractivity contribution in [2.75, 3.05) is 18.0 Å². The summed E-state index contributed by atoms with van der Waals surface area (Å²) in [4.78, 5) is 27.4. The van der Waals surface area contributed by atoms with Gasteiger partial charge in [0.25, 0.3) is 5.56 Å². The van der Waals surface area contributed by atoms with Crippen LogP contribution in [-0.4, -0.2) is 34.1 Å². The predicted octanol–water partition coefficient (Wildman–Crippen LogP) is 0.831. The van der Waals surface area contributed by atoms with Gasteiger partial charge in [-0.25, -0.2) is 9.18 Å². The van der Waals surface area contributed by atoms with Crippen molar-refractivity contribution < 1.29 is 9.60 Å². The first-order valence-corrected chi connectivity index (χ1v) is 8.10. The van der Waals surface area contributed by atoms with Crippen LogP contribution in [0.5, 0.6) is 0 Å². The maximum atomic E-state index is 14.9. The van der Waals surface area contributed by atoms with Crippen LogP contribution in [-0.2, 0) is 4.87 Å². The van der Waals surface area contributed by atoms with E-state index >= 15 is 0 Å². The van der Waals surface area contributed by atoms with Gasteiger partial charge in [-0.05, 0) is 25.3 Å². The number of nitrogens with two attached hydrogens (primary N) is 1. The van der Waals surface area contributed by atoms with E-state index in [4.69, 9.17) is 17.3 Å². The fourth-order valence-corrected chi connectivity index (χ4v) is 3.68. The monoisotopic (exact) mass is 354 g/mol. The molecule has 1 aromatic carbocycles.